The van der Waals surface area contributed by atoms with Gasteiger partial charge in [0.1, 0.15) is 11.5 Å². The highest BCUT2D eigenvalue weighted by molar-refractivity contribution is 5.50. The summed E-state index contributed by atoms with van der Waals surface area (Å²) in [4.78, 5) is 0. The summed E-state index contributed by atoms with van der Waals surface area (Å²) in [5.74, 6) is 1.14. The van der Waals surface area contributed by atoms with Crippen molar-refractivity contribution in [2.75, 3.05) is 12.4 Å². The summed E-state index contributed by atoms with van der Waals surface area (Å²) < 4.78 is 5.40. The van der Waals surface area contributed by atoms with E-state index in [1.807, 2.05) is 30.3 Å². The van der Waals surface area contributed by atoms with Crippen LogP contribution in [-0.2, 0) is 0 Å². The van der Waals surface area contributed by atoms with E-state index in [1.165, 1.54) is 0 Å². The molecule has 1 atom stereocenters. The van der Waals surface area contributed by atoms with E-state index >= 15 is 0 Å². The van der Waals surface area contributed by atoms with Crippen molar-refractivity contribution in [2.24, 2.45) is 0 Å². The first-order chi connectivity index (χ1) is 9.24. The van der Waals surface area contributed by atoms with E-state index in [2.05, 4.69) is 18.3 Å². The summed E-state index contributed by atoms with van der Waals surface area (Å²) in [7, 11) is 1.68. The second-order valence-electron chi connectivity index (χ2n) is 4.40. The van der Waals surface area contributed by atoms with Gasteiger partial charge in [-0.15, -0.1) is 0 Å². The highest BCUT2D eigenvalue weighted by Crippen LogP contribution is 2.30. The molecule has 0 amide bonds. The van der Waals surface area contributed by atoms with Gasteiger partial charge in [0.05, 0.1) is 13.2 Å². The number of methoxy groups -OCH3 is 1. The fourth-order valence-corrected chi connectivity index (χ4v) is 2.15. The number of benzene rings is 2. The maximum atomic E-state index is 9.51. The Balaban J connectivity index is 2.25. The van der Waals surface area contributed by atoms with Gasteiger partial charge in [-0.25, -0.2) is 0 Å². The Morgan fingerprint density at radius 3 is 2.63 bits per heavy atom. The van der Waals surface area contributed by atoms with Crippen LogP contribution in [0.5, 0.6) is 11.5 Å². The molecule has 1 unspecified atom stereocenters. The molecule has 3 heteroatoms. The quantitative estimate of drug-likeness (QED) is 0.851. The number of aromatic hydroxyl groups is 1. The van der Waals surface area contributed by atoms with Gasteiger partial charge in [0.15, 0.2) is 0 Å². The monoisotopic (exact) mass is 257 g/mol. The zero-order valence-corrected chi connectivity index (χ0v) is 11.3. The Bertz CT molecular complexity index is 540. The van der Waals surface area contributed by atoms with Crippen LogP contribution in [0.1, 0.15) is 24.9 Å². The molecule has 0 spiro atoms. The first kappa shape index (κ1) is 13.3. The minimum atomic E-state index is 0.151. The predicted octanol–water partition coefficient (Wildman–Crippen LogP) is 3.96. The lowest BCUT2D eigenvalue weighted by molar-refractivity contribution is 0.406. The fraction of sp³-hybridized carbons (Fsp3) is 0.250. The van der Waals surface area contributed by atoms with Crippen LogP contribution in [0.3, 0.4) is 0 Å². The van der Waals surface area contributed by atoms with Crippen LogP contribution in [0.2, 0.25) is 0 Å². The van der Waals surface area contributed by atoms with Crippen molar-refractivity contribution in [3.8, 4) is 11.5 Å². The molecule has 3 nitrogen and oxygen atoms in total. The maximum Gasteiger partial charge on any atom is 0.124 e. The van der Waals surface area contributed by atoms with Gasteiger partial charge in [0.2, 0.25) is 0 Å². The number of phenolic OH excluding ortho intramolecular Hbond substituents is 1. The third-order valence-electron chi connectivity index (χ3n) is 3.11. The van der Waals surface area contributed by atoms with Gasteiger partial charge in [0.25, 0.3) is 0 Å². The van der Waals surface area contributed by atoms with Crippen molar-refractivity contribution in [2.45, 2.75) is 19.4 Å². The Morgan fingerprint density at radius 1 is 1.16 bits per heavy atom. The Hall–Kier alpha value is -2.16. The van der Waals surface area contributed by atoms with Gasteiger partial charge in [-0.1, -0.05) is 31.2 Å². The average Bonchev–Trinajstić information content (AvgIpc) is 2.45. The normalized spacial score (nSPS) is 11.9. The Labute approximate surface area is 113 Å². The van der Waals surface area contributed by atoms with Gasteiger partial charge >= 0.3 is 0 Å². The largest absolute Gasteiger partial charge is 0.508 e. The van der Waals surface area contributed by atoms with Crippen molar-refractivity contribution in [3.05, 3.63) is 54.1 Å². The highest BCUT2D eigenvalue weighted by atomic mass is 16.5. The first-order valence-corrected chi connectivity index (χ1v) is 6.43. The van der Waals surface area contributed by atoms with Gasteiger partial charge in [-0.05, 0) is 24.6 Å². The van der Waals surface area contributed by atoms with E-state index < -0.39 is 0 Å². The number of nitrogens with one attached hydrogen (secondary N) is 1. The molecule has 2 rings (SSSR count). The summed E-state index contributed by atoms with van der Waals surface area (Å²) >= 11 is 0. The van der Waals surface area contributed by atoms with Crippen LogP contribution >= 0.6 is 0 Å². The molecular weight excluding hydrogens is 238 g/mol. The Kier molecular flexibility index (Phi) is 4.29. The topological polar surface area (TPSA) is 41.5 Å². The molecule has 2 aromatic carbocycles. The molecule has 100 valence electrons. The smallest absolute Gasteiger partial charge is 0.124 e. The van der Waals surface area contributed by atoms with E-state index in [1.54, 1.807) is 19.2 Å². The number of hydrogen-bond acceptors (Lipinski definition) is 3. The summed E-state index contributed by atoms with van der Waals surface area (Å²) in [6.45, 7) is 2.12. The second-order valence-corrected chi connectivity index (χ2v) is 4.40. The number of anilines is 1. The first-order valence-electron chi connectivity index (χ1n) is 6.43. The molecule has 2 N–H and O–H groups in total. The van der Waals surface area contributed by atoms with Crippen LogP contribution in [0.4, 0.5) is 5.69 Å². The number of hydrogen-bond donors (Lipinski definition) is 2. The number of phenols is 1. The standard InChI is InChI=1S/C16H19NO2/c1-3-15(14-9-4-5-10-16(14)19-2)17-12-7-6-8-13(18)11-12/h4-11,15,17-18H,3H2,1-2H3. The molecule has 19 heavy (non-hydrogen) atoms. The van der Waals surface area contributed by atoms with Crippen molar-refractivity contribution in [3.63, 3.8) is 0 Å². The molecule has 2 aromatic rings. The molecule has 0 aliphatic carbocycles. The second kappa shape index (κ2) is 6.14. The van der Waals surface area contributed by atoms with Crippen LogP contribution in [0, 0.1) is 0 Å². The number of para-hydroxylation sites is 1. The third kappa shape index (κ3) is 3.19. The third-order valence-corrected chi connectivity index (χ3v) is 3.11. The lowest BCUT2D eigenvalue weighted by atomic mass is 10.0. The molecule has 0 saturated carbocycles. The fourth-order valence-electron chi connectivity index (χ4n) is 2.15. The summed E-state index contributed by atoms with van der Waals surface area (Å²) in [5, 5.41) is 12.9. The van der Waals surface area contributed by atoms with Crippen LogP contribution < -0.4 is 10.1 Å². The van der Waals surface area contributed by atoms with E-state index in [-0.39, 0.29) is 11.8 Å². The summed E-state index contributed by atoms with van der Waals surface area (Å²) in [5.41, 5.74) is 2.02. The number of ether oxygens (including phenoxy) is 1. The lowest BCUT2D eigenvalue weighted by Gasteiger charge is -2.21. The van der Waals surface area contributed by atoms with Gasteiger partial charge in [-0.3, -0.25) is 0 Å². The molecular formula is C16H19NO2. The van der Waals surface area contributed by atoms with Crippen molar-refractivity contribution in [1.29, 1.82) is 0 Å². The van der Waals surface area contributed by atoms with Gasteiger partial charge < -0.3 is 15.2 Å². The van der Waals surface area contributed by atoms with E-state index in [9.17, 15) is 5.11 Å². The van der Waals surface area contributed by atoms with Crippen LogP contribution in [-0.4, -0.2) is 12.2 Å². The van der Waals surface area contributed by atoms with E-state index in [4.69, 9.17) is 4.74 Å². The van der Waals surface area contributed by atoms with Crippen molar-refractivity contribution in [1.82, 2.24) is 0 Å². The molecule has 0 bridgehead atoms. The minimum Gasteiger partial charge on any atom is -0.508 e. The maximum absolute atomic E-state index is 9.51. The summed E-state index contributed by atoms with van der Waals surface area (Å²) in [6.07, 6.45) is 0.927. The minimum absolute atomic E-state index is 0.151. The highest BCUT2D eigenvalue weighted by Gasteiger charge is 2.13. The molecule has 0 saturated heterocycles. The zero-order valence-electron chi connectivity index (χ0n) is 11.3. The molecule has 0 aliphatic heterocycles. The average molecular weight is 257 g/mol. The SMILES string of the molecule is CCC(Nc1cccc(O)c1)c1ccccc1OC. The van der Waals surface area contributed by atoms with Gasteiger partial charge in [0, 0.05) is 17.3 Å². The van der Waals surface area contributed by atoms with Crippen LogP contribution in [0.15, 0.2) is 48.5 Å². The molecule has 0 aliphatic rings. The van der Waals surface area contributed by atoms with Crippen molar-refractivity contribution < 1.29 is 9.84 Å². The van der Waals surface area contributed by atoms with E-state index in [0.717, 1.165) is 23.4 Å². The van der Waals surface area contributed by atoms with E-state index in [0.29, 0.717) is 0 Å². The Morgan fingerprint density at radius 2 is 1.95 bits per heavy atom. The molecule has 0 radical (unpaired) electrons. The lowest BCUT2D eigenvalue weighted by Crippen LogP contribution is -2.10. The van der Waals surface area contributed by atoms with Gasteiger partial charge in [-0.2, -0.15) is 0 Å². The van der Waals surface area contributed by atoms with Crippen molar-refractivity contribution >= 4 is 5.69 Å². The zero-order chi connectivity index (χ0) is 13.7. The summed E-state index contributed by atoms with van der Waals surface area (Å²) in [6, 6.07) is 15.3. The predicted molar refractivity (Wildman–Crippen MR) is 77.8 cm³/mol. The molecule has 0 fully saturated rings. The number of rotatable bonds is 5. The molecule has 0 heterocycles. The van der Waals surface area contributed by atoms with Crippen LogP contribution in [0.25, 0.3) is 0 Å². The molecule has 0 aromatic heterocycles.